The molecule has 1 aromatic carbocycles. The van der Waals surface area contributed by atoms with Gasteiger partial charge in [0.25, 0.3) is 0 Å². The average molecular weight is 232 g/mol. The number of carbonyl (C=O) groups is 1. The first kappa shape index (κ1) is 11.7. The summed E-state index contributed by atoms with van der Waals surface area (Å²) < 4.78 is 10.2. The monoisotopic (exact) mass is 232 g/mol. The van der Waals surface area contributed by atoms with Crippen LogP contribution in [-0.2, 0) is 4.74 Å². The normalized spacial score (nSPS) is 15.6. The highest BCUT2D eigenvalue weighted by Crippen LogP contribution is 2.19. The maximum Gasteiger partial charge on any atom is 0.519 e. The molecule has 3 nitrogen and oxygen atoms in total. The third kappa shape index (κ3) is 3.94. The molecule has 0 bridgehead atoms. The first-order chi connectivity index (χ1) is 8.34. The quantitative estimate of drug-likeness (QED) is 0.570. The third-order valence-electron chi connectivity index (χ3n) is 2.66. The zero-order valence-electron chi connectivity index (χ0n) is 9.72. The number of allylic oxidation sites excluding steroid dienone is 2. The fourth-order valence-electron chi connectivity index (χ4n) is 1.79. The highest BCUT2D eigenvalue weighted by Gasteiger charge is 2.11. The summed E-state index contributed by atoms with van der Waals surface area (Å²) in [6, 6.07) is 8.94. The Balaban J connectivity index is 1.86. The lowest BCUT2D eigenvalue weighted by atomic mass is 10.2. The van der Waals surface area contributed by atoms with Crippen LogP contribution in [0, 0.1) is 0 Å². The van der Waals surface area contributed by atoms with E-state index in [9.17, 15) is 4.79 Å². The largest absolute Gasteiger partial charge is 0.519 e. The van der Waals surface area contributed by atoms with E-state index in [1.54, 1.807) is 12.1 Å². The summed E-state index contributed by atoms with van der Waals surface area (Å²) in [6.45, 7) is 0. The van der Waals surface area contributed by atoms with Crippen LogP contribution in [0.3, 0.4) is 0 Å². The van der Waals surface area contributed by atoms with Crippen LogP contribution >= 0.6 is 0 Å². The van der Waals surface area contributed by atoms with Gasteiger partial charge in [-0.15, -0.1) is 0 Å². The fraction of sp³-hybridized carbons (Fsp3) is 0.357. The second-order valence-corrected chi connectivity index (χ2v) is 4.04. The smallest absolute Gasteiger partial charge is 0.400 e. The lowest BCUT2D eigenvalue weighted by Crippen LogP contribution is -2.10. The van der Waals surface area contributed by atoms with E-state index in [0.717, 1.165) is 25.0 Å². The molecule has 0 fully saturated rings. The Bertz CT molecular complexity index is 395. The van der Waals surface area contributed by atoms with Crippen molar-refractivity contribution in [3.05, 3.63) is 42.2 Å². The standard InChI is InChI=1S/C14H16O3/c15-14(17-13-10-6-3-7-11-13)16-12-8-4-1-2-5-9-12/h3,6-8,10-11H,1-2,4-5,9H2. The van der Waals surface area contributed by atoms with Crippen LogP contribution in [0.4, 0.5) is 4.79 Å². The van der Waals surface area contributed by atoms with Crippen molar-refractivity contribution in [3.63, 3.8) is 0 Å². The molecule has 0 saturated heterocycles. The van der Waals surface area contributed by atoms with Crippen LogP contribution < -0.4 is 4.74 Å². The number of rotatable bonds is 2. The van der Waals surface area contributed by atoms with Crippen LogP contribution in [-0.4, -0.2) is 6.16 Å². The first-order valence-electron chi connectivity index (χ1n) is 5.98. The van der Waals surface area contributed by atoms with Gasteiger partial charge in [0.15, 0.2) is 0 Å². The Kier molecular flexibility index (Phi) is 4.19. The van der Waals surface area contributed by atoms with Gasteiger partial charge in [-0.05, 0) is 37.5 Å². The van der Waals surface area contributed by atoms with Crippen molar-refractivity contribution in [2.24, 2.45) is 0 Å². The van der Waals surface area contributed by atoms with Gasteiger partial charge in [0.2, 0.25) is 0 Å². The van der Waals surface area contributed by atoms with Gasteiger partial charge in [0.1, 0.15) is 11.5 Å². The van der Waals surface area contributed by atoms with Crippen LogP contribution in [0.2, 0.25) is 0 Å². The van der Waals surface area contributed by atoms with Gasteiger partial charge in [-0.1, -0.05) is 24.6 Å². The molecule has 2 rings (SSSR count). The highest BCUT2D eigenvalue weighted by molar-refractivity contribution is 5.65. The molecule has 0 unspecified atom stereocenters. The number of carbonyl (C=O) groups excluding carboxylic acids is 1. The van der Waals surface area contributed by atoms with Crippen LogP contribution in [0.25, 0.3) is 0 Å². The maximum atomic E-state index is 11.5. The molecule has 3 heteroatoms. The number of benzene rings is 1. The lowest BCUT2D eigenvalue weighted by Gasteiger charge is -2.07. The molecule has 0 saturated carbocycles. The third-order valence-corrected chi connectivity index (χ3v) is 2.66. The number of hydrogen-bond donors (Lipinski definition) is 0. The minimum absolute atomic E-state index is 0.506. The molecule has 0 spiro atoms. The van der Waals surface area contributed by atoms with Crippen molar-refractivity contribution in [2.75, 3.05) is 0 Å². The Morgan fingerprint density at radius 2 is 1.82 bits per heavy atom. The van der Waals surface area contributed by atoms with E-state index >= 15 is 0 Å². The van der Waals surface area contributed by atoms with Gasteiger partial charge >= 0.3 is 6.16 Å². The van der Waals surface area contributed by atoms with Crippen LogP contribution in [0.5, 0.6) is 5.75 Å². The molecule has 17 heavy (non-hydrogen) atoms. The Morgan fingerprint density at radius 3 is 2.65 bits per heavy atom. The molecule has 1 aliphatic carbocycles. The summed E-state index contributed by atoms with van der Waals surface area (Å²) in [5, 5.41) is 0. The molecule has 0 radical (unpaired) electrons. The van der Waals surface area contributed by atoms with Crippen molar-refractivity contribution in [2.45, 2.75) is 32.1 Å². The van der Waals surface area contributed by atoms with Crippen molar-refractivity contribution in [1.29, 1.82) is 0 Å². The Morgan fingerprint density at radius 1 is 1.00 bits per heavy atom. The van der Waals surface area contributed by atoms with E-state index in [1.807, 2.05) is 24.3 Å². The Labute approximate surface area is 101 Å². The zero-order chi connectivity index (χ0) is 11.9. The predicted octanol–water partition coefficient (Wildman–Crippen LogP) is 4.05. The minimum Gasteiger partial charge on any atom is -0.400 e. The molecule has 0 atom stereocenters. The molecule has 1 aromatic rings. The van der Waals surface area contributed by atoms with E-state index in [0.29, 0.717) is 5.75 Å². The Hall–Kier alpha value is -1.77. The molecule has 0 heterocycles. The van der Waals surface area contributed by atoms with E-state index in [4.69, 9.17) is 9.47 Å². The molecule has 0 amide bonds. The van der Waals surface area contributed by atoms with Gasteiger partial charge < -0.3 is 9.47 Å². The number of para-hydroxylation sites is 1. The summed E-state index contributed by atoms with van der Waals surface area (Å²) in [5.74, 6) is 1.25. The van der Waals surface area contributed by atoms with Crippen LogP contribution in [0.15, 0.2) is 42.2 Å². The zero-order valence-corrected chi connectivity index (χ0v) is 9.72. The van der Waals surface area contributed by atoms with E-state index < -0.39 is 6.16 Å². The maximum absolute atomic E-state index is 11.5. The second-order valence-electron chi connectivity index (χ2n) is 4.04. The minimum atomic E-state index is -0.649. The summed E-state index contributed by atoms with van der Waals surface area (Å²) in [7, 11) is 0. The first-order valence-corrected chi connectivity index (χ1v) is 5.98. The molecule has 0 aliphatic heterocycles. The summed E-state index contributed by atoms with van der Waals surface area (Å²) in [4.78, 5) is 11.5. The molecular weight excluding hydrogens is 216 g/mol. The van der Waals surface area contributed by atoms with E-state index in [2.05, 4.69) is 0 Å². The van der Waals surface area contributed by atoms with E-state index in [-0.39, 0.29) is 0 Å². The molecule has 90 valence electrons. The van der Waals surface area contributed by atoms with Gasteiger partial charge in [0.05, 0.1) is 0 Å². The molecule has 0 aromatic heterocycles. The molecule has 1 aliphatic rings. The SMILES string of the molecule is O=C(OC1=CCCCCC1)Oc1ccccc1. The molecule has 0 N–H and O–H groups in total. The fourth-order valence-corrected chi connectivity index (χ4v) is 1.79. The lowest BCUT2D eigenvalue weighted by molar-refractivity contribution is 0.123. The van der Waals surface area contributed by atoms with Gasteiger partial charge in [-0.2, -0.15) is 0 Å². The van der Waals surface area contributed by atoms with Gasteiger partial charge in [-0.3, -0.25) is 0 Å². The van der Waals surface area contributed by atoms with Crippen LogP contribution in [0.1, 0.15) is 32.1 Å². The molecular formula is C14H16O3. The average Bonchev–Trinajstić information content (AvgIpc) is 2.59. The second kappa shape index (κ2) is 6.09. The summed E-state index contributed by atoms with van der Waals surface area (Å²) in [6.07, 6.45) is 6.57. The highest BCUT2D eigenvalue weighted by atomic mass is 16.7. The van der Waals surface area contributed by atoms with Gasteiger partial charge in [-0.25, -0.2) is 4.79 Å². The van der Waals surface area contributed by atoms with Crippen molar-refractivity contribution in [1.82, 2.24) is 0 Å². The van der Waals surface area contributed by atoms with Gasteiger partial charge in [0, 0.05) is 6.42 Å². The van der Waals surface area contributed by atoms with Crippen molar-refractivity contribution < 1.29 is 14.3 Å². The van der Waals surface area contributed by atoms with Crippen molar-refractivity contribution in [3.8, 4) is 5.75 Å². The number of ether oxygens (including phenoxy) is 2. The van der Waals surface area contributed by atoms with E-state index in [1.165, 1.54) is 12.8 Å². The topological polar surface area (TPSA) is 35.5 Å². The number of hydrogen-bond acceptors (Lipinski definition) is 3. The predicted molar refractivity (Wildman–Crippen MR) is 64.7 cm³/mol. The summed E-state index contributed by atoms with van der Waals surface area (Å²) >= 11 is 0. The summed E-state index contributed by atoms with van der Waals surface area (Å²) in [5.41, 5.74) is 0. The van der Waals surface area contributed by atoms with Crippen molar-refractivity contribution >= 4 is 6.16 Å².